The smallest absolute Gasteiger partial charge is 0.220 e. The van der Waals surface area contributed by atoms with E-state index in [-0.39, 0.29) is 11.9 Å². The highest BCUT2D eigenvalue weighted by molar-refractivity contribution is 5.82. The molecule has 1 heterocycles. The fourth-order valence-electron chi connectivity index (χ4n) is 2.41. The number of benzene rings is 1. The van der Waals surface area contributed by atoms with E-state index >= 15 is 0 Å². The van der Waals surface area contributed by atoms with Gasteiger partial charge in [0.2, 0.25) is 5.91 Å². The van der Waals surface area contributed by atoms with Crippen molar-refractivity contribution in [3.8, 4) is 0 Å². The van der Waals surface area contributed by atoms with Crippen molar-refractivity contribution in [2.24, 2.45) is 0 Å². The van der Waals surface area contributed by atoms with E-state index in [0.717, 1.165) is 35.3 Å². The summed E-state index contributed by atoms with van der Waals surface area (Å²) in [5.41, 5.74) is 1.97. The minimum atomic E-state index is -0.107. The monoisotopic (exact) mass is 274 g/mol. The number of furan rings is 1. The number of rotatable bonds is 6. The van der Waals surface area contributed by atoms with E-state index in [9.17, 15) is 4.79 Å². The largest absolute Gasteiger partial charge is 0.459 e. The van der Waals surface area contributed by atoms with Gasteiger partial charge in [0.15, 0.2) is 0 Å². The van der Waals surface area contributed by atoms with Gasteiger partial charge in [-0.3, -0.25) is 4.79 Å². The number of para-hydroxylation sites is 1. The SMILES string of the molecule is CNCCCC(=O)NC(C)c1oc2ccccc2c1C. The molecule has 1 amide bonds. The fourth-order valence-corrected chi connectivity index (χ4v) is 2.41. The van der Waals surface area contributed by atoms with Crippen molar-refractivity contribution in [2.75, 3.05) is 13.6 Å². The molecule has 0 aliphatic rings. The van der Waals surface area contributed by atoms with Crippen molar-refractivity contribution < 1.29 is 9.21 Å². The van der Waals surface area contributed by atoms with Gasteiger partial charge in [-0.2, -0.15) is 0 Å². The molecule has 0 radical (unpaired) electrons. The molecule has 0 spiro atoms. The second-order valence-electron chi connectivity index (χ2n) is 5.08. The molecule has 1 aromatic heterocycles. The number of hydrogen-bond donors (Lipinski definition) is 2. The van der Waals surface area contributed by atoms with Crippen LogP contribution in [0.4, 0.5) is 0 Å². The molecule has 0 aliphatic heterocycles. The number of nitrogens with one attached hydrogen (secondary N) is 2. The molecule has 2 aromatic rings. The predicted molar refractivity (Wildman–Crippen MR) is 80.7 cm³/mol. The zero-order chi connectivity index (χ0) is 14.5. The molecule has 108 valence electrons. The van der Waals surface area contributed by atoms with Gasteiger partial charge in [0, 0.05) is 17.4 Å². The maximum absolute atomic E-state index is 11.8. The van der Waals surface area contributed by atoms with Gasteiger partial charge in [0.25, 0.3) is 0 Å². The van der Waals surface area contributed by atoms with E-state index in [2.05, 4.69) is 10.6 Å². The molecule has 0 saturated carbocycles. The Bertz CT molecular complexity index is 589. The van der Waals surface area contributed by atoms with Gasteiger partial charge < -0.3 is 15.1 Å². The molecule has 2 rings (SSSR count). The van der Waals surface area contributed by atoms with E-state index in [1.165, 1.54) is 0 Å². The Morgan fingerprint density at radius 3 is 2.80 bits per heavy atom. The van der Waals surface area contributed by atoms with Crippen molar-refractivity contribution in [3.05, 3.63) is 35.6 Å². The lowest BCUT2D eigenvalue weighted by Crippen LogP contribution is -2.27. The Labute approximate surface area is 119 Å². The molecule has 20 heavy (non-hydrogen) atoms. The number of amides is 1. The maximum atomic E-state index is 11.8. The summed E-state index contributed by atoms with van der Waals surface area (Å²) in [6.07, 6.45) is 1.37. The van der Waals surface area contributed by atoms with Crippen LogP contribution in [0.25, 0.3) is 11.0 Å². The molecule has 0 saturated heterocycles. The Hall–Kier alpha value is -1.81. The Balaban J connectivity index is 2.05. The Kier molecular flexibility index (Phi) is 4.79. The second kappa shape index (κ2) is 6.57. The van der Waals surface area contributed by atoms with Crippen molar-refractivity contribution in [1.29, 1.82) is 0 Å². The zero-order valence-corrected chi connectivity index (χ0v) is 12.3. The standard InChI is InChI=1S/C16H22N2O2/c1-11-13-7-4-5-8-14(13)20-16(11)12(2)18-15(19)9-6-10-17-3/h4-5,7-8,12,17H,6,9-10H2,1-3H3,(H,18,19). The molecule has 1 aromatic carbocycles. The van der Waals surface area contributed by atoms with Crippen LogP contribution in [0.2, 0.25) is 0 Å². The van der Waals surface area contributed by atoms with E-state index < -0.39 is 0 Å². The van der Waals surface area contributed by atoms with E-state index in [1.807, 2.05) is 45.2 Å². The molecule has 0 fully saturated rings. The average molecular weight is 274 g/mol. The van der Waals surface area contributed by atoms with Crippen LogP contribution in [0, 0.1) is 6.92 Å². The molecule has 4 heteroatoms. The van der Waals surface area contributed by atoms with Crippen LogP contribution in [0.1, 0.15) is 37.1 Å². The van der Waals surface area contributed by atoms with Gasteiger partial charge in [-0.25, -0.2) is 0 Å². The third-order valence-corrected chi connectivity index (χ3v) is 3.48. The van der Waals surface area contributed by atoms with Crippen LogP contribution in [0.3, 0.4) is 0 Å². The summed E-state index contributed by atoms with van der Waals surface area (Å²) < 4.78 is 5.86. The Morgan fingerprint density at radius 2 is 2.10 bits per heavy atom. The van der Waals surface area contributed by atoms with Crippen molar-refractivity contribution in [2.45, 2.75) is 32.7 Å². The van der Waals surface area contributed by atoms with Crippen LogP contribution in [-0.4, -0.2) is 19.5 Å². The first kappa shape index (κ1) is 14.6. The summed E-state index contributed by atoms with van der Waals surface area (Å²) in [5, 5.41) is 7.14. The molecule has 1 atom stereocenters. The molecule has 4 nitrogen and oxygen atoms in total. The molecule has 2 N–H and O–H groups in total. The van der Waals surface area contributed by atoms with Gasteiger partial charge in [0.1, 0.15) is 11.3 Å². The fraction of sp³-hybridized carbons (Fsp3) is 0.438. The van der Waals surface area contributed by atoms with Gasteiger partial charge in [-0.1, -0.05) is 18.2 Å². The highest BCUT2D eigenvalue weighted by Gasteiger charge is 2.17. The van der Waals surface area contributed by atoms with E-state index in [0.29, 0.717) is 6.42 Å². The quantitative estimate of drug-likeness (QED) is 0.796. The maximum Gasteiger partial charge on any atom is 0.220 e. The third kappa shape index (κ3) is 3.20. The lowest BCUT2D eigenvalue weighted by molar-refractivity contribution is -0.121. The summed E-state index contributed by atoms with van der Waals surface area (Å²) in [7, 11) is 1.89. The number of carbonyl (C=O) groups excluding carboxylic acids is 1. The highest BCUT2D eigenvalue weighted by atomic mass is 16.3. The van der Waals surface area contributed by atoms with Gasteiger partial charge in [-0.05, 0) is 39.9 Å². The van der Waals surface area contributed by atoms with Crippen molar-refractivity contribution in [3.63, 3.8) is 0 Å². The second-order valence-corrected chi connectivity index (χ2v) is 5.08. The van der Waals surface area contributed by atoms with Crippen molar-refractivity contribution >= 4 is 16.9 Å². The van der Waals surface area contributed by atoms with Gasteiger partial charge >= 0.3 is 0 Å². The average Bonchev–Trinajstić information content (AvgIpc) is 2.77. The van der Waals surface area contributed by atoms with Crippen LogP contribution in [0.15, 0.2) is 28.7 Å². The lowest BCUT2D eigenvalue weighted by atomic mass is 10.1. The third-order valence-electron chi connectivity index (χ3n) is 3.48. The Morgan fingerprint density at radius 1 is 1.35 bits per heavy atom. The minimum absolute atomic E-state index is 0.0626. The summed E-state index contributed by atoms with van der Waals surface area (Å²) in [6.45, 7) is 4.84. The summed E-state index contributed by atoms with van der Waals surface area (Å²) in [5.74, 6) is 0.903. The topological polar surface area (TPSA) is 54.3 Å². The highest BCUT2D eigenvalue weighted by Crippen LogP contribution is 2.29. The van der Waals surface area contributed by atoms with E-state index in [1.54, 1.807) is 0 Å². The predicted octanol–water partition coefficient (Wildman–Crippen LogP) is 2.92. The van der Waals surface area contributed by atoms with Crippen LogP contribution in [0.5, 0.6) is 0 Å². The van der Waals surface area contributed by atoms with Gasteiger partial charge in [0.05, 0.1) is 6.04 Å². The first-order valence-corrected chi connectivity index (χ1v) is 7.05. The van der Waals surface area contributed by atoms with Crippen LogP contribution in [-0.2, 0) is 4.79 Å². The van der Waals surface area contributed by atoms with E-state index in [4.69, 9.17) is 4.42 Å². The van der Waals surface area contributed by atoms with Crippen molar-refractivity contribution in [1.82, 2.24) is 10.6 Å². The zero-order valence-electron chi connectivity index (χ0n) is 12.3. The first-order chi connectivity index (χ1) is 9.63. The number of aryl methyl sites for hydroxylation is 1. The number of hydrogen-bond acceptors (Lipinski definition) is 3. The molecule has 0 aliphatic carbocycles. The summed E-state index contributed by atoms with van der Waals surface area (Å²) in [6, 6.07) is 7.84. The van der Waals surface area contributed by atoms with Crippen LogP contribution >= 0.6 is 0 Å². The normalized spacial score (nSPS) is 12.6. The molecular weight excluding hydrogens is 252 g/mol. The summed E-state index contributed by atoms with van der Waals surface area (Å²) in [4.78, 5) is 11.8. The summed E-state index contributed by atoms with van der Waals surface area (Å²) >= 11 is 0. The lowest BCUT2D eigenvalue weighted by Gasteiger charge is -2.12. The van der Waals surface area contributed by atoms with Gasteiger partial charge in [-0.15, -0.1) is 0 Å². The first-order valence-electron chi connectivity index (χ1n) is 7.05. The molecule has 1 unspecified atom stereocenters. The molecular formula is C16H22N2O2. The molecule has 0 bridgehead atoms. The minimum Gasteiger partial charge on any atom is -0.459 e. The van der Waals surface area contributed by atoms with Crippen LogP contribution < -0.4 is 10.6 Å². The number of carbonyl (C=O) groups is 1. The number of fused-ring (bicyclic) bond motifs is 1.